The monoisotopic (exact) mass is 629 g/mol. The number of phenolic OH excluding ortho intramolecular Hbond substituents is 1. The van der Waals surface area contributed by atoms with E-state index < -0.39 is 75.2 Å². The summed E-state index contributed by atoms with van der Waals surface area (Å²) in [5, 5.41) is 22.3. The van der Waals surface area contributed by atoms with Crippen molar-refractivity contribution in [2.75, 3.05) is 20.9 Å². The summed E-state index contributed by atoms with van der Waals surface area (Å²) >= 11 is 0. The second-order valence-corrected chi connectivity index (χ2v) is 14.1. The molecule has 2 unspecified atom stereocenters. The number of nitrogens with two attached hydrogens (primary N) is 3. The predicted molar refractivity (Wildman–Crippen MR) is 162 cm³/mol. The zero-order chi connectivity index (χ0) is 33.9. The Morgan fingerprint density at radius 3 is 2.30 bits per heavy atom. The van der Waals surface area contributed by atoms with Crippen LogP contribution in [0, 0.1) is 28.6 Å². The van der Waals surface area contributed by atoms with Crippen molar-refractivity contribution >= 4 is 29.0 Å². The Balaban J connectivity index is 1.63. The maximum Gasteiger partial charge on any atom is 0.235 e. The standard InChI is InChI=1S/C33H35N5O8/c1-30(2,3)17-9-15(14-6-7-18-19(8-14)46-13-45-18)16-10-31(36)11-33(37)26(38(4)5)25(41)21(29(35)44)27(42)32(33,12-34)28(43)22(31)24(40)20(16)23(17)39/h6-9,21-22,26,39H,10-11,13,36-37H2,1-5H3,(H2,35,44)/t21?,22?,26-,31-,32+,33-/m1/s1. The molecule has 0 aromatic heterocycles. The third-order valence-electron chi connectivity index (χ3n) is 10.1. The third kappa shape index (κ3) is 3.81. The number of carbonyl (C=O) groups is 5. The minimum Gasteiger partial charge on any atom is -0.507 e. The fourth-order valence-electron chi connectivity index (χ4n) is 8.17. The number of phenols is 1. The number of rotatable bonds is 3. The Morgan fingerprint density at radius 2 is 1.72 bits per heavy atom. The number of hydrogen-bond acceptors (Lipinski definition) is 12. The van der Waals surface area contributed by atoms with Gasteiger partial charge in [-0.1, -0.05) is 26.8 Å². The third-order valence-corrected chi connectivity index (χ3v) is 10.1. The highest BCUT2D eigenvalue weighted by atomic mass is 16.7. The number of benzene rings is 2. The van der Waals surface area contributed by atoms with Gasteiger partial charge in [-0.15, -0.1) is 0 Å². The number of nitrogens with zero attached hydrogens (tertiary/aromatic N) is 2. The fraction of sp³-hybridized carbons (Fsp3) is 0.455. The Morgan fingerprint density at radius 1 is 1.07 bits per heavy atom. The van der Waals surface area contributed by atoms with Gasteiger partial charge in [-0.05, 0) is 67.2 Å². The highest BCUT2D eigenvalue weighted by Crippen LogP contribution is 2.57. The Bertz CT molecular complexity index is 1840. The molecule has 4 aliphatic rings. The number of hydrogen-bond donors (Lipinski definition) is 4. The van der Waals surface area contributed by atoms with Crippen LogP contribution in [0.25, 0.3) is 11.1 Å². The number of fused-ring (bicyclic) bond motifs is 4. The predicted octanol–water partition coefficient (Wildman–Crippen LogP) is 0.502. The number of amides is 1. The molecule has 2 aromatic carbocycles. The van der Waals surface area contributed by atoms with Gasteiger partial charge >= 0.3 is 0 Å². The van der Waals surface area contributed by atoms with E-state index in [-0.39, 0.29) is 24.5 Å². The van der Waals surface area contributed by atoms with Gasteiger partial charge in [-0.25, -0.2) is 0 Å². The summed E-state index contributed by atoms with van der Waals surface area (Å²) in [5.74, 6) is -9.06. The average Bonchev–Trinajstić information content (AvgIpc) is 3.39. The summed E-state index contributed by atoms with van der Waals surface area (Å²) in [6, 6.07) is 7.24. The van der Waals surface area contributed by atoms with E-state index in [1.807, 2.05) is 20.8 Å². The molecule has 0 spiro atoms. The van der Waals surface area contributed by atoms with Crippen LogP contribution < -0.4 is 26.7 Å². The van der Waals surface area contributed by atoms with Crippen LogP contribution in [0.5, 0.6) is 17.2 Å². The summed E-state index contributed by atoms with van der Waals surface area (Å²) in [4.78, 5) is 70.7. The molecule has 2 saturated carbocycles. The zero-order valence-corrected chi connectivity index (χ0v) is 26.1. The highest BCUT2D eigenvalue weighted by molar-refractivity contribution is 6.33. The van der Waals surface area contributed by atoms with Crippen molar-refractivity contribution in [3.63, 3.8) is 0 Å². The van der Waals surface area contributed by atoms with E-state index >= 15 is 0 Å². The molecule has 2 fully saturated rings. The number of aromatic hydroxyl groups is 1. The molecular weight excluding hydrogens is 594 g/mol. The van der Waals surface area contributed by atoms with Gasteiger partial charge in [0.1, 0.15) is 11.7 Å². The van der Waals surface area contributed by atoms with E-state index in [1.54, 1.807) is 30.3 Å². The van der Waals surface area contributed by atoms with Gasteiger partial charge in [-0.3, -0.25) is 28.9 Å². The van der Waals surface area contributed by atoms with Gasteiger partial charge in [0.2, 0.25) is 12.7 Å². The molecule has 13 heteroatoms. The van der Waals surface area contributed by atoms with Crippen molar-refractivity contribution < 1.29 is 38.6 Å². The molecule has 1 aliphatic heterocycles. The van der Waals surface area contributed by atoms with Gasteiger partial charge in [-0.2, -0.15) is 5.26 Å². The van der Waals surface area contributed by atoms with Gasteiger partial charge in [0.25, 0.3) is 0 Å². The minimum atomic E-state index is -2.81. The Labute approximate surface area is 264 Å². The smallest absolute Gasteiger partial charge is 0.235 e. The van der Waals surface area contributed by atoms with Crippen molar-refractivity contribution in [1.82, 2.24) is 4.90 Å². The minimum absolute atomic E-state index is 0.0359. The number of Topliss-reactive ketones (excluding diaryl/α,β-unsaturated/α-hetero) is 4. The fourth-order valence-corrected chi connectivity index (χ4v) is 8.17. The van der Waals surface area contributed by atoms with E-state index in [2.05, 4.69) is 0 Å². The summed E-state index contributed by atoms with van der Waals surface area (Å²) in [6.07, 6.45) is -0.683. The molecule has 0 saturated heterocycles. The lowest BCUT2D eigenvalue weighted by Crippen LogP contribution is -2.85. The number of ether oxygens (including phenoxy) is 2. The number of carbonyl (C=O) groups excluding carboxylic acids is 5. The summed E-state index contributed by atoms with van der Waals surface area (Å²) < 4.78 is 11.0. The molecule has 1 heterocycles. The average molecular weight is 630 g/mol. The van der Waals surface area contributed by atoms with Crippen LogP contribution in [-0.2, 0) is 31.0 Å². The first-order valence-corrected chi connectivity index (χ1v) is 14.8. The van der Waals surface area contributed by atoms with Gasteiger partial charge in [0.15, 0.2) is 46.0 Å². The summed E-state index contributed by atoms with van der Waals surface area (Å²) in [7, 11) is 2.91. The summed E-state index contributed by atoms with van der Waals surface area (Å²) in [5.41, 5.74) is 13.6. The molecule has 2 aromatic rings. The molecule has 7 N–H and O–H groups in total. The van der Waals surface area contributed by atoms with Crippen LogP contribution in [0.3, 0.4) is 0 Å². The van der Waals surface area contributed by atoms with Crippen LogP contribution >= 0.6 is 0 Å². The Hall–Kier alpha value is -4.64. The van der Waals surface area contributed by atoms with Crippen LogP contribution in [0.15, 0.2) is 24.3 Å². The lowest BCUT2D eigenvalue weighted by atomic mass is 9.42. The van der Waals surface area contributed by atoms with Crippen molar-refractivity contribution in [2.24, 2.45) is 34.5 Å². The van der Waals surface area contributed by atoms with Crippen LogP contribution in [0.2, 0.25) is 0 Å². The highest BCUT2D eigenvalue weighted by Gasteiger charge is 2.78. The first-order valence-electron chi connectivity index (χ1n) is 14.8. The van der Waals surface area contributed by atoms with E-state index in [4.69, 9.17) is 26.7 Å². The van der Waals surface area contributed by atoms with Crippen LogP contribution in [0.4, 0.5) is 0 Å². The maximum atomic E-state index is 14.7. The molecule has 46 heavy (non-hydrogen) atoms. The quantitative estimate of drug-likeness (QED) is 0.340. The summed E-state index contributed by atoms with van der Waals surface area (Å²) in [6.45, 7) is 5.58. The Kier molecular flexibility index (Phi) is 6.60. The molecule has 6 atom stereocenters. The number of nitriles is 1. The number of likely N-dealkylation sites (N-methyl/N-ethyl adjacent to an activating group) is 1. The normalized spacial score (nSPS) is 31.7. The van der Waals surface area contributed by atoms with Crippen molar-refractivity contribution in [2.45, 2.75) is 56.1 Å². The second kappa shape index (κ2) is 9.68. The van der Waals surface area contributed by atoms with Crippen LogP contribution in [-0.4, -0.2) is 77.1 Å². The largest absolute Gasteiger partial charge is 0.507 e. The molecule has 0 radical (unpaired) electrons. The van der Waals surface area contributed by atoms with Crippen molar-refractivity contribution in [1.29, 1.82) is 5.26 Å². The molecular formula is C33H35N5O8. The molecule has 1 amide bonds. The second-order valence-electron chi connectivity index (χ2n) is 14.1. The van der Waals surface area contributed by atoms with Gasteiger partial charge < -0.3 is 31.8 Å². The van der Waals surface area contributed by atoms with E-state index in [9.17, 15) is 34.3 Å². The number of ketones is 4. The molecule has 3 aliphatic carbocycles. The maximum absolute atomic E-state index is 14.7. The first kappa shape index (κ1) is 31.3. The van der Waals surface area contributed by atoms with Crippen molar-refractivity contribution in [3.8, 4) is 34.4 Å². The first-order chi connectivity index (χ1) is 21.4. The van der Waals surface area contributed by atoms with E-state index in [0.29, 0.717) is 33.8 Å². The molecule has 13 nitrogen and oxygen atoms in total. The number of primary amides is 1. The van der Waals surface area contributed by atoms with Gasteiger partial charge in [0, 0.05) is 11.1 Å². The SMILES string of the molecule is CN(C)[C@@H]1C(=O)C(C(N)=O)C(=O)[C@@]2(C#N)C(=O)C3C(=O)c4c(O)c(C(C)(C)C)cc(-c5ccc6c(c5)OCO6)c4C[C@@]3(N)C[C@@]12N. The lowest BCUT2D eigenvalue weighted by molar-refractivity contribution is -0.166. The van der Waals surface area contributed by atoms with E-state index in [0.717, 1.165) is 0 Å². The van der Waals surface area contributed by atoms with Gasteiger partial charge in [0.05, 0.1) is 23.2 Å². The van der Waals surface area contributed by atoms with Crippen LogP contribution in [0.1, 0.15) is 48.7 Å². The topological polar surface area (TPSA) is 229 Å². The molecule has 6 rings (SSSR count). The zero-order valence-electron chi connectivity index (χ0n) is 26.1. The molecule has 0 bridgehead atoms. The molecule has 240 valence electrons. The van der Waals surface area contributed by atoms with Crippen molar-refractivity contribution in [3.05, 3.63) is 41.0 Å². The van der Waals surface area contributed by atoms with E-state index in [1.165, 1.54) is 19.0 Å². The lowest BCUT2D eigenvalue weighted by Gasteiger charge is -2.60.